The molecule has 1 saturated heterocycles. The molecule has 31 heavy (non-hydrogen) atoms. The highest BCUT2D eigenvalue weighted by atomic mass is 35.5. The van der Waals surface area contributed by atoms with E-state index in [1.807, 2.05) is 38.1 Å². The lowest BCUT2D eigenvalue weighted by atomic mass is 9.93. The van der Waals surface area contributed by atoms with Crippen molar-refractivity contribution in [2.24, 2.45) is 0 Å². The van der Waals surface area contributed by atoms with Gasteiger partial charge in [0.15, 0.2) is 0 Å². The highest BCUT2D eigenvalue weighted by molar-refractivity contribution is 6.47. The second-order valence-corrected chi connectivity index (χ2v) is 8.54. The summed E-state index contributed by atoms with van der Waals surface area (Å²) in [6.07, 6.45) is 3.76. The van der Waals surface area contributed by atoms with Crippen molar-refractivity contribution < 1.29 is 19.4 Å². The van der Waals surface area contributed by atoms with Crippen LogP contribution in [0.4, 0.5) is 0 Å². The minimum Gasteiger partial charge on any atom is -0.507 e. The van der Waals surface area contributed by atoms with Crippen LogP contribution in [0.2, 0.25) is 5.02 Å². The van der Waals surface area contributed by atoms with Gasteiger partial charge in [0.05, 0.1) is 23.2 Å². The number of benzene rings is 2. The number of amides is 1. The molecule has 0 bridgehead atoms. The number of aliphatic hydroxyl groups is 1. The Bertz CT molecular complexity index is 1060. The normalized spacial score (nSPS) is 21.1. The van der Waals surface area contributed by atoms with E-state index >= 15 is 0 Å². The largest absolute Gasteiger partial charge is 0.507 e. The molecule has 2 aromatic carbocycles. The summed E-state index contributed by atoms with van der Waals surface area (Å²) in [7, 11) is 0. The van der Waals surface area contributed by atoms with Crippen molar-refractivity contribution in [3.63, 3.8) is 0 Å². The van der Waals surface area contributed by atoms with Gasteiger partial charge in [-0.1, -0.05) is 54.3 Å². The van der Waals surface area contributed by atoms with Gasteiger partial charge in [-0.25, -0.2) is 0 Å². The third-order valence-corrected chi connectivity index (χ3v) is 6.39. The van der Waals surface area contributed by atoms with E-state index < -0.39 is 17.7 Å². The van der Waals surface area contributed by atoms with Crippen molar-refractivity contribution in [2.75, 3.05) is 6.61 Å². The number of aliphatic hydroxyl groups excluding tert-OH is 1. The standard InChI is InChI=1S/C25H26ClNO4/c1-3-31-18-11-12-20(26)19(14-18)23(28)21-22(16-8-6-7-15(2)13-16)27(25(30)24(21)29)17-9-4-5-10-17/h6-8,11-14,17,22,28H,3-5,9-10H2,1-2H3/b23-21+. The van der Waals surface area contributed by atoms with Gasteiger partial charge in [0.2, 0.25) is 0 Å². The van der Waals surface area contributed by atoms with E-state index in [4.69, 9.17) is 16.3 Å². The molecular weight excluding hydrogens is 414 g/mol. The molecule has 5 nitrogen and oxygen atoms in total. The molecule has 6 heteroatoms. The number of likely N-dealkylation sites (tertiary alicyclic amines) is 1. The Labute approximate surface area is 187 Å². The zero-order valence-corrected chi connectivity index (χ0v) is 18.5. The van der Waals surface area contributed by atoms with E-state index in [2.05, 4.69) is 0 Å². The number of hydrogen-bond acceptors (Lipinski definition) is 4. The van der Waals surface area contributed by atoms with Crippen molar-refractivity contribution >= 4 is 29.1 Å². The van der Waals surface area contributed by atoms with E-state index in [1.54, 1.807) is 23.1 Å². The summed E-state index contributed by atoms with van der Waals surface area (Å²) in [5, 5.41) is 11.6. The highest BCUT2D eigenvalue weighted by Gasteiger charge is 2.49. The maximum atomic E-state index is 13.2. The van der Waals surface area contributed by atoms with Gasteiger partial charge < -0.3 is 14.7 Å². The predicted octanol–water partition coefficient (Wildman–Crippen LogP) is 5.41. The fourth-order valence-corrected chi connectivity index (χ4v) is 4.87. The second kappa shape index (κ2) is 8.75. The minimum atomic E-state index is -0.672. The molecule has 1 aliphatic carbocycles. The Morgan fingerprint density at radius 1 is 1.16 bits per heavy atom. The van der Waals surface area contributed by atoms with Crippen LogP contribution < -0.4 is 4.74 Å². The first-order chi connectivity index (χ1) is 14.9. The molecule has 162 valence electrons. The minimum absolute atomic E-state index is 0.0162. The molecule has 0 aromatic heterocycles. The fraction of sp³-hybridized carbons (Fsp3) is 0.360. The summed E-state index contributed by atoms with van der Waals surface area (Å²) >= 11 is 6.38. The molecular formula is C25H26ClNO4. The van der Waals surface area contributed by atoms with Gasteiger partial charge in [-0.3, -0.25) is 9.59 Å². The van der Waals surface area contributed by atoms with E-state index in [9.17, 15) is 14.7 Å². The number of ketones is 1. The molecule has 1 unspecified atom stereocenters. The van der Waals surface area contributed by atoms with Crippen molar-refractivity contribution in [1.82, 2.24) is 4.90 Å². The zero-order valence-electron chi connectivity index (χ0n) is 17.7. The molecule has 0 radical (unpaired) electrons. The molecule has 1 atom stereocenters. The van der Waals surface area contributed by atoms with Crippen molar-refractivity contribution in [2.45, 2.75) is 51.6 Å². The van der Waals surface area contributed by atoms with Crippen LogP contribution in [-0.2, 0) is 9.59 Å². The van der Waals surface area contributed by atoms with Gasteiger partial charge in [-0.2, -0.15) is 0 Å². The summed E-state index contributed by atoms with van der Waals surface area (Å²) in [4.78, 5) is 28.0. The summed E-state index contributed by atoms with van der Waals surface area (Å²) in [6.45, 7) is 4.28. The number of aryl methyl sites for hydroxylation is 1. The molecule has 1 saturated carbocycles. The smallest absolute Gasteiger partial charge is 0.295 e. The second-order valence-electron chi connectivity index (χ2n) is 8.13. The first kappa shape index (κ1) is 21.4. The molecule has 1 amide bonds. The molecule has 0 spiro atoms. The maximum Gasteiger partial charge on any atom is 0.295 e. The molecule has 2 fully saturated rings. The Morgan fingerprint density at radius 3 is 2.58 bits per heavy atom. The summed E-state index contributed by atoms with van der Waals surface area (Å²) in [6, 6.07) is 12.0. The lowest BCUT2D eigenvalue weighted by molar-refractivity contribution is -0.141. The Kier molecular flexibility index (Phi) is 6.05. The molecule has 4 rings (SSSR count). The van der Waals surface area contributed by atoms with Gasteiger partial charge in [0.1, 0.15) is 11.5 Å². The summed E-state index contributed by atoms with van der Waals surface area (Å²) in [5.41, 5.74) is 2.20. The monoisotopic (exact) mass is 439 g/mol. The van der Waals surface area contributed by atoms with Crippen LogP contribution in [0.5, 0.6) is 5.75 Å². The molecule has 1 N–H and O–H groups in total. The molecule has 2 aliphatic rings. The zero-order chi connectivity index (χ0) is 22.1. The predicted molar refractivity (Wildman–Crippen MR) is 120 cm³/mol. The number of rotatable bonds is 5. The van der Waals surface area contributed by atoms with Gasteiger partial charge >= 0.3 is 0 Å². The lowest BCUT2D eigenvalue weighted by Gasteiger charge is -2.31. The van der Waals surface area contributed by atoms with Gasteiger partial charge in [-0.15, -0.1) is 0 Å². The number of carbonyl (C=O) groups excluding carboxylic acids is 2. The average Bonchev–Trinajstić information content (AvgIpc) is 3.36. The van der Waals surface area contributed by atoms with Crippen LogP contribution in [0.15, 0.2) is 48.0 Å². The molecule has 1 heterocycles. The van der Waals surface area contributed by atoms with Gasteiger partial charge in [-0.05, 0) is 50.5 Å². The molecule has 1 aliphatic heterocycles. The van der Waals surface area contributed by atoms with E-state index in [0.29, 0.717) is 12.4 Å². The van der Waals surface area contributed by atoms with Crippen LogP contribution in [0, 0.1) is 6.92 Å². The number of carbonyl (C=O) groups is 2. The Hall–Kier alpha value is -2.79. The topological polar surface area (TPSA) is 66.8 Å². The van der Waals surface area contributed by atoms with Crippen LogP contribution in [0.1, 0.15) is 55.3 Å². The van der Waals surface area contributed by atoms with Crippen LogP contribution in [0.3, 0.4) is 0 Å². The van der Waals surface area contributed by atoms with Crippen LogP contribution in [0.25, 0.3) is 5.76 Å². The summed E-state index contributed by atoms with van der Waals surface area (Å²) < 4.78 is 5.54. The average molecular weight is 440 g/mol. The van der Waals surface area contributed by atoms with E-state index in [0.717, 1.165) is 36.8 Å². The first-order valence-electron chi connectivity index (χ1n) is 10.7. The van der Waals surface area contributed by atoms with Gasteiger partial charge in [0, 0.05) is 11.6 Å². The lowest BCUT2D eigenvalue weighted by Crippen LogP contribution is -2.37. The molecule has 2 aromatic rings. The number of hydrogen-bond donors (Lipinski definition) is 1. The maximum absolute atomic E-state index is 13.2. The third-order valence-electron chi connectivity index (χ3n) is 6.06. The quantitative estimate of drug-likeness (QED) is 0.384. The number of halogens is 1. The third kappa shape index (κ3) is 3.94. The number of ether oxygens (including phenoxy) is 1. The van der Waals surface area contributed by atoms with Crippen molar-refractivity contribution in [3.8, 4) is 5.75 Å². The number of Topliss-reactive ketones (excluding diaryl/α,β-unsaturated/α-hetero) is 1. The summed E-state index contributed by atoms with van der Waals surface area (Å²) in [5.74, 6) is -0.965. The number of nitrogens with zero attached hydrogens (tertiary/aromatic N) is 1. The van der Waals surface area contributed by atoms with Gasteiger partial charge in [0.25, 0.3) is 11.7 Å². The Balaban J connectivity index is 1.90. The Morgan fingerprint density at radius 2 is 1.90 bits per heavy atom. The van der Waals surface area contributed by atoms with E-state index in [-0.39, 0.29) is 28.0 Å². The first-order valence-corrected chi connectivity index (χ1v) is 11.1. The fourth-order valence-electron chi connectivity index (χ4n) is 4.66. The van der Waals surface area contributed by atoms with E-state index in [1.165, 1.54) is 0 Å². The SMILES string of the molecule is CCOc1ccc(Cl)c(/C(O)=C2\C(=O)C(=O)N(C3CCCC3)C2c2cccc(C)c2)c1. The van der Waals surface area contributed by atoms with Crippen LogP contribution >= 0.6 is 11.6 Å². The van der Waals surface area contributed by atoms with Crippen molar-refractivity contribution in [3.05, 3.63) is 69.8 Å². The highest BCUT2D eigenvalue weighted by Crippen LogP contribution is 2.44. The van der Waals surface area contributed by atoms with Crippen molar-refractivity contribution in [1.29, 1.82) is 0 Å². The van der Waals surface area contributed by atoms with Crippen LogP contribution in [-0.4, -0.2) is 34.3 Å².